The average Bonchev–Trinajstić information content (AvgIpc) is 2.96. The Morgan fingerprint density at radius 3 is 2.73 bits per heavy atom. The second-order valence-corrected chi connectivity index (χ2v) is 4.61. The third kappa shape index (κ3) is 4.71. The fourth-order valence-corrected chi connectivity index (χ4v) is 1.85. The number of benzene rings is 1. The molecule has 7 heteroatoms. The van der Waals surface area contributed by atoms with Crippen molar-refractivity contribution in [3.05, 3.63) is 54.2 Å². The van der Waals surface area contributed by atoms with Crippen LogP contribution in [0.15, 0.2) is 47.1 Å². The van der Waals surface area contributed by atoms with Gasteiger partial charge in [-0.3, -0.25) is 14.9 Å². The molecule has 116 valence electrons. The number of carboxylic acids is 1. The molecule has 1 unspecified atom stereocenters. The first-order valence-electron chi connectivity index (χ1n) is 6.58. The highest BCUT2D eigenvalue weighted by molar-refractivity contribution is 5.94. The predicted molar refractivity (Wildman–Crippen MR) is 76.6 cm³/mol. The molecule has 1 atom stereocenters. The van der Waals surface area contributed by atoms with Gasteiger partial charge in [-0.2, -0.15) is 0 Å². The van der Waals surface area contributed by atoms with Gasteiger partial charge in [0.05, 0.1) is 19.2 Å². The van der Waals surface area contributed by atoms with Gasteiger partial charge in [-0.25, -0.2) is 4.39 Å². The van der Waals surface area contributed by atoms with E-state index in [-0.39, 0.29) is 18.7 Å². The molecule has 1 amide bonds. The number of anilines is 1. The van der Waals surface area contributed by atoms with Crippen molar-refractivity contribution in [2.45, 2.75) is 19.0 Å². The van der Waals surface area contributed by atoms with Gasteiger partial charge in [0.15, 0.2) is 0 Å². The Hall–Kier alpha value is -2.67. The SMILES string of the molecule is O=C(CC(NCc1ccco1)C(=O)O)Nc1cccc(F)c1. The molecule has 0 aliphatic heterocycles. The molecule has 3 N–H and O–H groups in total. The summed E-state index contributed by atoms with van der Waals surface area (Å²) in [4.78, 5) is 23.0. The first-order chi connectivity index (χ1) is 10.5. The van der Waals surface area contributed by atoms with Crippen molar-refractivity contribution in [3.8, 4) is 0 Å². The van der Waals surface area contributed by atoms with E-state index in [1.165, 1.54) is 24.5 Å². The molecule has 0 bridgehead atoms. The standard InChI is InChI=1S/C15H15FN2O4/c16-10-3-1-4-11(7-10)18-14(19)8-13(15(20)21)17-9-12-5-2-6-22-12/h1-7,13,17H,8-9H2,(H,18,19)(H,20,21). The van der Waals surface area contributed by atoms with E-state index in [2.05, 4.69) is 10.6 Å². The summed E-state index contributed by atoms with van der Waals surface area (Å²) in [5.74, 6) is -1.59. The summed E-state index contributed by atoms with van der Waals surface area (Å²) in [5, 5.41) is 14.3. The predicted octanol–water partition coefficient (Wildman–Crippen LogP) is 1.99. The second-order valence-electron chi connectivity index (χ2n) is 4.61. The topological polar surface area (TPSA) is 91.6 Å². The van der Waals surface area contributed by atoms with Crippen LogP contribution in [0.25, 0.3) is 0 Å². The van der Waals surface area contributed by atoms with E-state index in [0.717, 1.165) is 6.07 Å². The number of rotatable bonds is 7. The van der Waals surface area contributed by atoms with Crippen molar-refractivity contribution < 1.29 is 23.5 Å². The zero-order valence-corrected chi connectivity index (χ0v) is 11.6. The van der Waals surface area contributed by atoms with Gasteiger partial charge in [-0.15, -0.1) is 0 Å². The maximum Gasteiger partial charge on any atom is 0.321 e. The number of nitrogens with one attached hydrogen (secondary N) is 2. The van der Waals surface area contributed by atoms with Gasteiger partial charge in [0, 0.05) is 5.69 Å². The number of aliphatic carboxylic acids is 1. The van der Waals surface area contributed by atoms with E-state index in [4.69, 9.17) is 9.52 Å². The van der Waals surface area contributed by atoms with Crippen LogP contribution in [0.1, 0.15) is 12.2 Å². The molecule has 0 fully saturated rings. The van der Waals surface area contributed by atoms with E-state index in [1.807, 2.05) is 0 Å². The van der Waals surface area contributed by atoms with Gasteiger partial charge in [0.25, 0.3) is 0 Å². The number of hydrogen-bond donors (Lipinski definition) is 3. The highest BCUT2D eigenvalue weighted by Gasteiger charge is 2.21. The van der Waals surface area contributed by atoms with Crippen molar-refractivity contribution in [2.24, 2.45) is 0 Å². The van der Waals surface area contributed by atoms with Crippen LogP contribution >= 0.6 is 0 Å². The first-order valence-corrected chi connectivity index (χ1v) is 6.58. The van der Waals surface area contributed by atoms with Gasteiger partial charge in [-0.05, 0) is 30.3 Å². The zero-order chi connectivity index (χ0) is 15.9. The second kappa shape index (κ2) is 7.37. The Bertz CT molecular complexity index is 643. The number of carbonyl (C=O) groups is 2. The zero-order valence-electron chi connectivity index (χ0n) is 11.6. The number of amides is 1. The molecule has 2 aromatic rings. The highest BCUT2D eigenvalue weighted by atomic mass is 19.1. The van der Waals surface area contributed by atoms with Crippen LogP contribution in [0.4, 0.5) is 10.1 Å². The number of hydrogen-bond acceptors (Lipinski definition) is 4. The summed E-state index contributed by atoms with van der Waals surface area (Å²) in [6.45, 7) is 0.192. The maximum absolute atomic E-state index is 13.0. The molecule has 2 rings (SSSR count). The molecule has 1 aromatic carbocycles. The third-order valence-electron chi connectivity index (χ3n) is 2.90. The molecule has 0 radical (unpaired) electrons. The number of halogens is 1. The Kier molecular flexibility index (Phi) is 5.26. The van der Waals surface area contributed by atoms with Crippen molar-refractivity contribution in [3.63, 3.8) is 0 Å². The Labute approximate surface area is 125 Å². The summed E-state index contributed by atoms with van der Waals surface area (Å²) in [6, 6.07) is 7.69. The molecule has 0 aliphatic rings. The highest BCUT2D eigenvalue weighted by Crippen LogP contribution is 2.10. The van der Waals surface area contributed by atoms with Crippen LogP contribution in [0, 0.1) is 5.82 Å². The minimum atomic E-state index is -1.15. The summed E-state index contributed by atoms with van der Waals surface area (Å²) in [5.41, 5.74) is 0.278. The lowest BCUT2D eigenvalue weighted by Crippen LogP contribution is -2.39. The largest absolute Gasteiger partial charge is 0.480 e. The molecule has 0 spiro atoms. The fraction of sp³-hybridized carbons (Fsp3) is 0.200. The van der Waals surface area contributed by atoms with Crippen LogP contribution in [0.5, 0.6) is 0 Å². The van der Waals surface area contributed by atoms with Crippen LogP contribution in [0.2, 0.25) is 0 Å². The van der Waals surface area contributed by atoms with E-state index in [0.29, 0.717) is 5.76 Å². The third-order valence-corrected chi connectivity index (χ3v) is 2.90. The van der Waals surface area contributed by atoms with Gasteiger partial charge >= 0.3 is 5.97 Å². The van der Waals surface area contributed by atoms with Crippen molar-refractivity contribution in [1.29, 1.82) is 0 Å². The Morgan fingerprint density at radius 1 is 1.27 bits per heavy atom. The average molecular weight is 306 g/mol. The molecular weight excluding hydrogens is 291 g/mol. The van der Waals surface area contributed by atoms with Crippen LogP contribution in [-0.2, 0) is 16.1 Å². The van der Waals surface area contributed by atoms with Gasteiger partial charge in [0.1, 0.15) is 17.6 Å². The van der Waals surface area contributed by atoms with E-state index < -0.39 is 23.7 Å². The van der Waals surface area contributed by atoms with Crippen LogP contribution in [-0.4, -0.2) is 23.0 Å². The molecule has 1 heterocycles. The lowest BCUT2D eigenvalue weighted by atomic mass is 10.2. The fourth-order valence-electron chi connectivity index (χ4n) is 1.85. The number of carbonyl (C=O) groups excluding carboxylic acids is 1. The van der Waals surface area contributed by atoms with Crippen molar-refractivity contribution in [1.82, 2.24) is 5.32 Å². The summed E-state index contributed by atoms with van der Waals surface area (Å²) in [7, 11) is 0. The van der Waals surface area contributed by atoms with Crippen LogP contribution < -0.4 is 10.6 Å². The molecule has 0 saturated heterocycles. The molecule has 22 heavy (non-hydrogen) atoms. The summed E-state index contributed by atoms with van der Waals surface area (Å²) < 4.78 is 18.1. The van der Waals surface area contributed by atoms with Crippen molar-refractivity contribution >= 4 is 17.6 Å². The molecule has 0 saturated carbocycles. The van der Waals surface area contributed by atoms with Gasteiger partial charge in [-0.1, -0.05) is 6.07 Å². The summed E-state index contributed by atoms with van der Waals surface area (Å²) in [6.07, 6.45) is 1.19. The minimum absolute atomic E-state index is 0.192. The maximum atomic E-state index is 13.0. The Morgan fingerprint density at radius 2 is 2.09 bits per heavy atom. The molecule has 0 aliphatic carbocycles. The molecule has 1 aromatic heterocycles. The molecule has 6 nitrogen and oxygen atoms in total. The van der Waals surface area contributed by atoms with E-state index >= 15 is 0 Å². The number of carboxylic acid groups (broad SMARTS) is 1. The van der Waals surface area contributed by atoms with Crippen molar-refractivity contribution in [2.75, 3.05) is 5.32 Å². The quantitative estimate of drug-likeness (QED) is 0.727. The Balaban J connectivity index is 1.89. The minimum Gasteiger partial charge on any atom is -0.480 e. The van der Waals surface area contributed by atoms with E-state index in [9.17, 15) is 14.0 Å². The number of furan rings is 1. The molecular formula is C15H15FN2O4. The lowest BCUT2D eigenvalue weighted by Gasteiger charge is -2.13. The smallest absolute Gasteiger partial charge is 0.321 e. The van der Waals surface area contributed by atoms with Gasteiger partial charge in [0.2, 0.25) is 5.91 Å². The summed E-state index contributed by atoms with van der Waals surface area (Å²) >= 11 is 0. The van der Waals surface area contributed by atoms with Crippen LogP contribution in [0.3, 0.4) is 0 Å². The van der Waals surface area contributed by atoms with E-state index in [1.54, 1.807) is 12.1 Å². The monoisotopic (exact) mass is 306 g/mol. The lowest BCUT2D eigenvalue weighted by molar-refractivity contribution is -0.141. The first kappa shape index (κ1) is 15.7. The van der Waals surface area contributed by atoms with Gasteiger partial charge < -0.3 is 14.8 Å². The normalized spacial score (nSPS) is 11.9.